The third-order valence-electron chi connectivity index (χ3n) is 4.77. The molecular formula is C23H19F3N4O2. The summed E-state index contributed by atoms with van der Waals surface area (Å²) < 4.78 is 45.0. The number of nitrogens with one attached hydrogen (secondary N) is 1. The number of aryl methyl sites for hydroxylation is 1. The Morgan fingerprint density at radius 3 is 2.38 bits per heavy atom. The Kier molecular flexibility index (Phi) is 5.81. The van der Waals surface area contributed by atoms with Gasteiger partial charge >= 0.3 is 6.18 Å². The second kappa shape index (κ2) is 8.70. The van der Waals surface area contributed by atoms with Crippen molar-refractivity contribution in [2.75, 3.05) is 5.32 Å². The first kappa shape index (κ1) is 21.4. The number of amides is 1. The highest BCUT2D eigenvalue weighted by molar-refractivity contribution is 5.92. The highest BCUT2D eigenvalue weighted by atomic mass is 19.4. The van der Waals surface area contributed by atoms with Crippen molar-refractivity contribution < 1.29 is 22.7 Å². The maximum absolute atomic E-state index is 12.4. The van der Waals surface area contributed by atoms with Crippen molar-refractivity contribution in [3.05, 3.63) is 78.2 Å². The van der Waals surface area contributed by atoms with Gasteiger partial charge in [-0.25, -0.2) is 9.97 Å². The van der Waals surface area contributed by atoms with Gasteiger partial charge < -0.3 is 14.6 Å². The number of carbonyl (C=O) groups excluding carboxylic acids is 1. The van der Waals surface area contributed by atoms with Crippen molar-refractivity contribution in [1.29, 1.82) is 0 Å². The molecular weight excluding hydrogens is 421 g/mol. The van der Waals surface area contributed by atoms with Crippen molar-refractivity contribution in [3.8, 4) is 11.6 Å². The van der Waals surface area contributed by atoms with Crippen LogP contribution in [0.25, 0.3) is 11.0 Å². The number of halogens is 3. The second-order valence-electron chi connectivity index (χ2n) is 7.30. The lowest BCUT2D eigenvalue weighted by Gasteiger charge is -2.09. The first-order valence-electron chi connectivity index (χ1n) is 9.75. The van der Waals surface area contributed by atoms with Gasteiger partial charge in [-0.3, -0.25) is 4.79 Å². The lowest BCUT2D eigenvalue weighted by Crippen LogP contribution is -2.14. The minimum atomic E-state index is -4.25. The maximum Gasteiger partial charge on any atom is 0.393 e. The summed E-state index contributed by atoms with van der Waals surface area (Å²) in [5.74, 6) is 0.706. The third-order valence-corrected chi connectivity index (χ3v) is 4.77. The van der Waals surface area contributed by atoms with Crippen molar-refractivity contribution in [3.63, 3.8) is 0 Å². The van der Waals surface area contributed by atoms with E-state index in [2.05, 4.69) is 15.3 Å². The monoisotopic (exact) mass is 440 g/mol. The van der Waals surface area contributed by atoms with Crippen LogP contribution in [0.4, 0.5) is 18.9 Å². The zero-order valence-corrected chi connectivity index (χ0v) is 17.1. The van der Waals surface area contributed by atoms with Crippen LogP contribution in [0.3, 0.4) is 0 Å². The summed E-state index contributed by atoms with van der Waals surface area (Å²) in [4.78, 5) is 20.7. The zero-order chi connectivity index (χ0) is 22.7. The summed E-state index contributed by atoms with van der Waals surface area (Å²) in [5.41, 5.74) is 2.12. The Bertz CT molecular complexity index is 1230. The molecule has 0 aliphatic heterocycles. The van der Waals surface area contributed by atoms with Crippen LogP contribution in [0.5, 0.6) is 11.6 Å². The van der Waals surface area contributed by atoms with E-state index in [0.29, 0.717) is 22.9 Å². The molecule has 1 N–H and O–H groups in total. The molecule has 0 radical (unpaired) electrons. The van der Waals surface area contributed by atoms with Gasteiger partial charge in [0.15, 0.2) is 0 Å². The van der Waals surface area contributed by atoms with E-state index in [0.717, 1.165) is 11.0 Å². The van der Waals surface area contributed by atoms with Gasteiger partial charge in [-0.2, -0.15) is 13.2 Å². The number of hydrogen-bond donors (Lipinski definition) is 1. The highest BCUT2D eigenvalue weighted by Gasteiger charge is 2.27. The van der Waals surface area contributed by atoms with E-state index < -0.39 is 12.6 Å². The lowest BCUT2D eigenvalue weighted by atomic mass is 10.1. The van der Waals surface area contributed by atoms with E-state index in [-0.39, 0.29) is 17.9 Å². The topological polar surface area (TPSA) is 69.0 Å². The molecule has 9 heteroatoms. The molecule has 4 aromatic rings. The number of aromatic nitrogens is 3. The van der Waals surface area contributed by atoms with Gasteiger partial charge in [0.2, 0.25) is 11.8 Å². The largest absolute Gasteiger partial charge is 0.438 e. The van der Waals surface area contributed by atoms with E-state index in [1.54, 1.807) is 24.3 Å². The summed E-state index contributed by atoms with van der Waals surface area (Å²) >= 11 is 0. The SMILES string of the molecule is Cn1ccc2c(Oc3ccc(NC(=O)Cc4ccc(CC(F)(F)F)cc4)cc3)ncnc21. The third kappa shape index (κ3) is 5.23. The van der Waals surface area contributed by atoms with Crippen LogP contribution in [0, 0.1) is 0 Å². The number of rotatable bonds is 6. The quantitative estimate of drug-likeness (QED) is 0.456. The average Bonchev–Trinajstić information content (AvgIpc) is 3.12. The number of fused-ring (bicyclic) bond motifs is 1. The lowest BCUT2D eigenvalue weighted by molar-refractivity contribution is -0.127. The predicted molar refractivity (Wildman–Crippen MR) is 114 cm³/mol. The molecule has 0 aliphatic carbocycles. The summed E-state index contributed by atoms with van der Waals surface area (Å²) in [7, 11) is 1.88. The molecule has 2 aromatic carbocycles. The molecule has 0 aliphatic rings. The molecule has 4 rings (SSSR count). The first-order valence-corrected chi connectivity index (χ1v) is 9.75. The molecule has 0 unspecified atom stereocenters. The molecule has 2 heterocycles. The van der Waals surface area contributed by atoms with Gasteiger partial charge in [0.05, 0.1) is 18.2 Å². The van der Waals surface area contributed by atoms with Gasteiger partial charge in [-0.15, -0.1) is 0 Å². The second-order valence-corrected chi connectivity index (χ2v) is 7.30. The Morgan fingerprint density at radius 1 is 1.00 bits per heavy atom. The number of alkyl halides is 3. The zero-order valence-electron chi connectivity index (χ0n) is 17.1. The van der Waals surface area contributed by atoms with Crippen LogP contribution >= 0.6 is 0 Å². The molecule has 0 saturated carbocycles. The van der Waals surface area contributed by atoms with Gasteiger partial charge in [0, 0.05) is 18.9 Å². The smallest absolute Gasteiger partial charge is 0.393 e. The van der Waals surface area contributed by atoms with Gasteiger partial charge in [0.1, 0.15) is 17.7 Å². The first-order chi connectivity index (χ1) is 15.3. The van der Waals surface area contributed by atoms with Crippen molar-refractivity contribution in [2.45, 2.75) is 19.0 Å². The minimum absolute atomic E-state index is 0.0530. The standard InChI is InChI=1S/C23H19F3N4O2/c1-30-11-10-19-21(30)27-14-28-22(19)32-18-8-6-17(7-9-18)29-20(31)12-15-2-4-16(5-3-15)13-23(24,25)26/h2-11,14H,12-13H2,1H3,(H,29,31). The Morgan fingerprint density at radius 2 is 1.69 bits per heavy atom. The summed E-state index contributed by atoms with van der Waals surface area (Å²) in [6.07, 6.45) is -1.89. The van der Waals surface area contributed by atoms with Crippen LogP contribution in [-0.2, 0) is 24.7 Å². The molecule has 2 aromatic heterocycles. The fourth-order valence-corrected chi connectivity index (χ4v) is 3.25. The summed E-state index contributed by atoms with van der Waals surface area (Å²) in [6.45, 7) is 0. The molecule has 32 heavy (non-hydrogen) atoms. The number of benzene rings is 2. The predicted octanol–water partition coefficient (Wildman–Crippen LogP) is 5.05. The van der Waals surface area contributed by atoms with Crippen LogP contribution in [-0.4, -0.2) is 26.6 Å². The molecule has 164 valence electrons. The van der Waals surface area contributed by atoms with Crippen molar-refractivity contribution in [1.82, 2.24) is 14.5 Å². The van der Waals surface area contributed by atoms with Crippen LogP contribution < -0.4 is 10.1 Å². The maximum atomic E-state index is 12.4. The minimum Gasteiger partial charge on any atom is -0.438 e. The highest BCUT2D eigenvalue weighted by Crippen LogP contribution is 2.27. The molecule has 0 fully saturated rings. The van der Waals surface area contributed by atoms with Gasteiger partial charge in [0.25, 0.3) is 0 Å². The van der Waals surface area contributed by atoms with E-state index in [1.165, 1.54) is 30.6 Å². The van der Waals surface area contributed by atoms with Gasteiger partial charge in [-0.05, 0) is 41.5 Å². The summed E-state index contributed by atoms with van der Waals surface area (Å²) in [5, 5.41) is 3.55. The van der Waals surface area contributed by atoms with E-state index in [4.69, 9.17) is 4.74 Å². The fourth-order valence-electron chi connectivity index (χ4n) is 3.25. The molecule has 0 atom stereocenters. The molecule has 6 nitrogen and oxygen atoms in total. The van der Waals surface area contributed by atoms with E-state index in [9.17, 15) is 18.0 Å². The van der Waals surface area contributed by atoms with E-state index >= 15 is 0 Å². The molecule has 0 spiro atoms. The van der Waals surface area contributed by atoms with Gasteiger partial charge in [-0.1, -0.05) is 24.3 Å². The van der Waals surface area contributed by atoms with Crippen LogP contribution in [0.2, 0.25) is 0 Å². The molecule has 0 saturated heterocycles. The number of hydrogen-bond acceptors (Lipinski definition) is 4. The average molecular weight is 440 g/mol. The van der Waals surface area contributed by atoms with Crippen LogP contribution in [0.1, 0.15) is 11.1 Å². The number of carbonyl (C=O) groups is 1. The molecule has 1 amide bonds. The Labute approximate surface area is 181 Å². The number of anilines is 1. The Hall–Kier alpha value is -3.88. The van der Waals surface area contributed by atoms with Crippen molar-refractivity contribution in [2.24, 2.45) is 7.05 Å². The van der Waals surface area contributed by atoms with Crippen LogP contribution in [0.15, 0.2) is 67.1 Å². The number of nitrogens with zero attached hydrogens (tertiary/aromatic N) is 3. The fraction of sp³-hybridized carbons (Fsp3) is 0.174. The van der Waals surface area contributed by atoms with E-state index in [1.807, 2.05) is 23.9 Å². The van der Waals surface area contributed by atoms with Crippen molar-refractivity contribution >= 4 is 22.6 Å². The number of ether oxygens (including phenoxy) is 1. The normalized spacial score (nSPS) is 11.5. The molecule has 0 bridgehead atoms. The Balaban J connectivity index is 1.35. The summed E-state index contributed by atoms with van der Waals surface area (Å²) in [6, 6.07) is 14.5.